The minimum absolute atomic E-state index is 0.0635. The van der Waals surface area contributed by atoms with Crippen LogP contribution in [0, 0.1) is 12.8 Å². The molecule has 24 heavy (non-hydrogen) atoms. The second-order valence-corrected chi connectivity index (χ2v) is 7.66. The first-order valence-electron chi connectivity index (χ1n) is 7.62. The molecule has 1 amide bonds. The van der Waals surface area contributed by atoms with E-state index in [9.17, 15) is 13.2 Å². The predicted molar refractivity (Wildman–Crippen MR) is 93.4 cm³/mol. The molecule has 0 saturated heterocycles. The van der Waals surface area contributed by atoms with Crippen LogP contribution in [0.3, 0.4) is 0 Å². The van der Waals surface area contributed by atoms with Crippen LogP contribution in [0.25, 0.3) is 0 Å². The minimum Gasteiger partial charge on any atom is -0.306 e. The normalized spacial score (nSPS) is 11.5. The van der Waals surface area contributed by atoms with Crippen molar-refractivity contribution in [1.82, 2.24) is 9.71 Å². The highest BCUT2D eigenvalue weighted by atomic mass is 32.2. The number of amides is 1. The number of pyridine rings is 1. The van der Waals surface area contributed by atoms with Gasteiger partial charge in [-0.2, -0.15) is 0 Å². The zero-order valence-corrected chi connectivity index (χ0v) is 14.7. The smallest absolute Gasteiger partial charge is 0.256 e. The summed E-state index contributed by atoms with van der Waals surface area (Å²) in [5.41, 5.74) is 1.08. The summed E-state index contributed by atoms with van der Waals surface area (Å²) in [5, 5.41) is 2.69. The Morgan fingerprint density at radius 3 is 2.62 bits per heavy atom. The zero-order chi connectivity index (χ0) is 17.7. The number of sulfonamides is 1. The third kappa shape index (κ3) is 4.62. The lowest BCUT2D eigenvalue weighted by atomic mass is 10.2. The second kappa shape index (κ2) is 7.55. The van der Waals surface area contributed by atoms with Crippen LogP contribution >= 0.6 is 0 Å². The van der Waals surface area contributed by atoms with E-state index in [0.717, 1.165) is 5.56 Å². The highest BCUT2D eigenvalue weighted by molar-refractivity contribution is 7.89. The summed E-state index contributed by atoms with van der Waals surface area (Å²) < 4.78 is 27.1. The number of anilines is 1. The van der Waals surface area contributed by atoms with Crippen molar-refractivity contribution >= 4 is 21.7 Å². The minimum atomic E-state index is -3.64. The van der Waals surface area contributed by atoms with Gasteiger partial charge in [-0.05, 0) is 42.7 Å². The van der Waals surface area contributed by atoms with Crippen LogP contribution in [0.4, 0.5) is 5.82 Å². The summed E-state index contributed by atoms with van der Waals surface area (Å²) in [6.07, 6.45) is 1.58. The van der Waals surface area contributed by atoms with Crippen LogP contribution in [0.1, 0.15) is 29.8 Å². The second-order valence-electron chi connectivity index (χ2n) is 5.90. The maximum atomic E-state index is 12.3. The van der Waals surface area contributed by atoms with Gasteiger partial charge in [-0.25, -0.2) is 18.1 Å². The molecule has 0 unspecified atom stereocenters. The molecule has 0 aliphatic heterocycles. The van der Waals surface area contributed by atoms with E-state index in [1.165, 1.54) is 12.1 Å². The topological polar surface area (TPSA) is 88.2 Å². The van der Waals surface area contributed by atoms with Crippen molar-refractivity contribution in [2.24, 2.45) is 5.92 Å². The Hall–Kier alpha value is -2.25. The van der Waals surface area contributed by atoms with Gasteiger partial charge >= 0.3 is 0 Å². The summed E-state index contributed by atoms with van der Waals surface area (Å²) in [4.78, 5) is 16.5. The van der Waals surface area contributed by atoms with E-state index in [1.54, 1.807) is 24.4 Å². The number of hydrogen-bond donors (Lipinski definition) is 2. The average Bonchev–Trinajstić information content (AvgIpc) is 2.55. The Morgan fingerprint density at radius 1 is 1.21 bits per heavy atom. The molecule has 2 aromatic rings. The molecule has 0 radical (unpaired) electrons. The van der Waals surface area contributed by atoms with E-state index in [1.807, 2.05) is 26.8 Å². The molecule has 1 aromatic heterocycles. The lowest BCUT2D eigenvalue weighted by molar-refractivity contribution is 0.102. The van der Waals surface area contributed by atoms with E-state index in [4.69, 9.17) is 0 Å². The monoisotopic (exact) mass is 347 g/mol. The number of hydrogen-bond acceptors (Lipinski definition) is 4. The highest BCUT2D eigenvalue weighted by Crippen LogP contribution is 2.15. The van der Waals surface area contributed by atoms with Crippen molar-refractivity contribution in [3.05, 3.63) is 53.7 Å². The first-order valence-corrected chi connectivity index (χ1v) is 9.10. The van der Waals surface area contributed by atoms with Crippen molar-refractivity contribution in [3.63, 3.8) is 0 Å². The van der Waals surface area contributed by atoms with E-state index in [2.05, 4.69) is 15.0 Å². The standard InChI is InChI=1S/C17H21N3O3S/c1-12(2)11-19-24(22,23)15-8-4-7-14(10-15)17(21)20-16-13(3)6-5-9-18-16/h4-10,12,19H,11H2,1-3H3,(H,18,20,21). The number of carbonyl (C=O) groups excluding carboxylic acids is 1. The lowest BCUT2D eigenvalue weighted by Gasteiger charge is -2.10. The number of carbonyl (C=O) groups is 1. The van der Waals surface area contributed by atoms with Crippen molar-refractivity contribution in [2.45, 2.75) is 25.7 Å². The molecule has 0 bridgehead atoms. The fraction of sp³-hybridized carbons (Fsp3) is 0.294. The van der Waals surface area contributed by atoms with Crippen LogP contribution < -0.4 is 10.0 Å². The summed E-state index contributed by atoms with van der Waals surface area (Å²) in [6.45, 7) is 6.01. The molecule has 0 atom stereocenters. The lowest BCUT2D eigenvalue weighted by Crippen LogP contribution is -2.27. The molecule has 0 spiro atoms. The SMILES string of the molecule is Cc1cccnc1NC(=O)c1cccc(S(=O)(=O)NCC(C)C)c1. The first kappa shape index (κ1) is 18.1. The maximum absolute atomic E-state index is 12.3. The van der Waals surface area contributed by atoms with Gasteiger partial charge in [-0.15, -0.1) is 0 Å². The van der Waals surface area contributed by atoms with Crippen LogP contribution in [0.2, 0.25) is 0 Å². The number of aryl methyl sites for hydroxylation is 1. The van der Waals surface area contributed by atoms with E-state index in [-0.39, 0.29) is 16.4 Å². The molecule has 7 heteroatoms. The van der Waals surface area contributed by atoms with Gasteiger partial charge in [-0.3, -0.25) is 4.79 Å². The number of rotatable bonds is 6. The third-order valence-corrected chi connectivity index (χ3v) is 4.75. The van der Waals surface area contributed by atoms with Crippen LogP contribution in [-0.4, -0.2) is 25.9 Å². The molecular formula is C17H21N3O3S. The predicted octanol–water partition coefficient (Wildman–Crippen LogP) is 2.58. The summed E-state index contributed by atoms with van der Waals surface area (Å²) in [5.74, 6) is 0.241. The summed E-state index contributed by atoms with van der Waals surface area (Å²) in [6, 6.07) is 9.54. The van der Waals surface area contributed by atoms with Gasteiger partial charge in [0.15, 0.2) is 0 Å². The fourth-order valence-corrected chi connectivity index (χ4v) is 3.22. The maximum Gasteiger partial charge on any atom is 0.256 e. The van der Waals surface area contributed by atoms with Crippen LogP contribution in [-0.2, 0) is 10.0 Å². The van der Waals surface area contributed by atoms with Crippen molar-refractivity contribution in [2.75, 3.05) is 11.9 Å². The molecule has 6 nitrogen and oxygen atoms in total. The molecule has 2 rings (SSSR count). The Morgan fingerprint density at radius 2 is 1.96 bits per heavy atom. The van der Waals surface area contributed by atoms with Crippen molar-refractivity contribution in [1.29, 1.82) is 0 Å². The van der Waals surface area contributed by atoms with Crippen molar-refractivity contribution in [3.8, 4) is 0 Å². The summed E-state index contributed by atoms with van der Waals surface area (Å²) >= 11 is 0. The highest BCUT2D eigenvalue weighted by Gasteiger charge is 2.17. The average molecular weight is 347 g/mol. The summed E-state index contributed by atoms with van der Waals surface area (Å²) in [7, 11) is -3.64. The largest absolute Gasteiger partial charge is 0.306 e. The van der Waals surface area contributed by atoms with Gasteiger partial charge < -0.3 is 5.32 Å². The van der Waals surface area contributed by atoms with Gasteiger partial charge in [0, 0.05) is 18.3 Å². The van der Waals surface area contributed by atoms with Crippen molar-refractivity contribution < 1.29 is 13.2 Å². The van der Waals surface area contributed by atoms with E-state index < -0.39 is 15.9 Å². The van der Waals surface area contributed by atoms with Gasteiger partial charge in [-0.1, -0.05) is 26.0 Å². The molecule has 128 valence electrons. The number of aromatic nitrogens is 1. The Bertz CT molecular complexity index is 832. The molecule has 0 aliphatic carbocycles. The molecule has 2 N–H and O–H groups in total. The Labute approximate surface area is 142 Å². The molecular weight excluding hydrogens is 326 g/mol. The van der Waals surface area contributed by atoms with Gasteiger partial charge in [0.05, 0.1) is 4.90 Å². The van der Waals surface area contributed by atoms with Gasteiger partial charge in [0.25, 0.3) is 5.91 Å². The Balaban J connectivity index is 2.21. The van der Waals surface area contributed by atoms with E-state index >= 15 is 0 Å². The first-order chi connectivity index (χ1) is 11.3. The third-order valence-electron chi connectivity index (χ3n) is 3.33. The Kier molecular flexibility index (Phi) is 5.69. The molecule has 0 aliphatic rings. The van der Waals surface area contributed by atoms with Gasteiger partial charge in [0.1, 0.15) is 5.82 Å². The van der Waals surface area contributed by atoms with Gasteiger partial charge in [0.2, 0.25) is 10.0 Å². The molecule has 0 saturated carbocycles. The molecule has 1 heterocycles. The van der Waals surface area contributed by atoms with Crippen LogP contribution in [0.15, 0.2) is 47.5 Å². The number of nitrogens with one attached hydrogen (secondary N) is 2. The number of benzene rings is 1. The van der Waals surface area contributed by atoms with E-state index in [0.29, 0.717) is 12.4 Å². The molecule has 0 fully saturated rings. The zero-order valence-electron chi connectivity index (χ0n) is 13.9. The quantitative estimate of drug-likeness (QED) is 0.840. The fourth-order valence-electron chi connectivity index (χ4n) is 1.96. The number of nitrogens with zero attached hydrogens (tertiary/aromatic N) is 1. The van der Waals surface area contributed by atoms with Crippen LogP contribution in [0.5, 0.6) is 0 Å². The molecule has 1 aromatic carbocycles.